The predicted octanol–water partition coefficient (Wildman–Crippen LogP) is 12.1. The molecule has 1 spiro atoms. The maximum absolute atomic E-state index is 2.45. The zero-order valence-corrected chi connectivity index (χ0v) is 26.7. The molecule has 0 aromatic heterocycles. The number of rotatable bonds is 2. The average molecular weight is 619 g/mol. The molecular weight excluding hydrogens is 589 g/mol. The van der Waals surface area contributed by atoms with E-state index in [1.54, 1.807) is 0 Å². The van der Waals surface area contributed by atoms with Crippen LogP contribution in [0.25, 0.3) is 11.1 Å². The molecule has 0 N–H and O–H groups in total. The van der Waals surface area contributed by atoms with Gasteiger partial charge in [0.25, 0.3) is 0 Å². The van der Waals surface area contributed by atoms with E-state index in [1.807, 2.05) is 11.8 Å². The third kappa shape index (κ3) is 3.58. The molecule has 1 aliphatic carbocycles. The van der Waals surface area contributed by atoms with Gasteiger partial charge in [0.1, 0.15) is 0 Å². The Kier molecular flexibility index (Phi) is 5.67. The largest absolute Gasteiger partial charge is 0.310 e. The molecule has 10 rings (SSSR count). The molecule has 0 radical (unpaired) electrons. The molecule has 2 aliphatic heterocycles. The Morgan fingerprint density at radius 3 is 1.70 bits per heavy atom. The van der Waals surface area contributed by atoms with Crippen molar-refractivity contribution < 1.29 is 0 Å². The number of hydrogen-bond donors (Lipinski definition) is 0. The van der Waals surface area contributed by atoms with Crippen molar-refractivity contribution in [3.63, 3.8) is 0 Å². The van der Waals surface area contributed by atoms with Crippen LogP contribution in [0.2, 0.25) is 0 Å². The molecule has 3 aliphatic rings. The van der Waals surface area contributed by atoms with E-state index in [2.05, 4.69) is 181 Å². The molecule has 0 bridgehead atoms. The quantitative estimate of drug-likeness (QED) is 0.190. The lowest BCUT2D eigenvalue weighted by Crippen LogP contribution is -2.36. The van der Waals surface area contributed by atoms with Crippen molar-refractivity contribution in [1.82, 2.24) is 0 Å². The molecule has 0 fully saturated rings. The molecule has 7 aromatic rings. The third-order valence-electron chi connectivity index (χ3n) is 10.1. The minimum Gasteiger partial charge on any atom is -0.310 e. The van der Waals surface area contributed by atoms with Gasteiger partial charge in [-0.25, -0.2) is 0 Å². The van der Waals surface area contributed by atoms with Crippen LogP contribution in [-0.2, 0) is 5.41 Å². The summed E-state index contributed by atoms with van der Waals surface area (Å²) < 4.78 is 0. The van der Waals surface area contributed by atoms with Crippen LogP contribution in [0.15, 0.2) is 174 Å². The van der Waals surface area contributed by atoms with E-state index in [9.17, 15) is 0 Å². The summed E-state index contributed by atoms with van der Waals surface area (Å²) in [5, 5.41) is 0. The second kappa shape index (κ2) is 9.99. The van der Waals surface area contributed by atoms with Gasteiger partial charge in [0.15, 0.2) is 0 Å². The molecule has 0 amide bonds. The van der Waals surface area contributed by atoms with E-state index < -0.39 is 5.41 Å². The number of nitrogens with zero attached hydrogens (tertiary/aromatic N) is 2. The zero-order chi connectivity index (χ0) is 31.1. The highest BCUT2D eigenvalue weighted by Gasteiger charge is 2.52. The average Bonchev–Trinajstić information content (AvgIpc) is 3.43. The number of fused-ring (bicyclic) bond motifs is 12. The molecule has 0 saturated heterocycles. The van der Waals surface area contributed by atoms with E-state index in [-0.39, 0.29) is 0 Å². The monoisotopic (exact) mass is 618 g/mol. The molecule has 0 atom stereocenters. The van der Waals surface area contributed by atoms with E-state index in [0.717, 1.165) is 0 Å². The number of hydrogen-bond acceptors (Lipinski definition) is 3. The number of anilines is 6. The van der Waals surface area contributed by atoms with Gasteiger partial charge in [0, 0.05) is 26.7 Å². The first kappa shape index (κ1) is 26.7. The summed E-state index contributed by atoms with van der Waals surface area (Å²) in [4.78, 5) is 7.48. The molecule has 0 saturated carbocycles. The van der Waals surface area contributed by atoms with Crippen LogP contribution < -0.4 is 9.80 Å². The number of para-hydroxylation sites is 4. The van der Waals surface area contributed by atoms with Crippen LogP contribution in [0.3, 0.4) is 0 Å². The van der Waals surface area contributed by atoms with Crippen LogP contribution in [0, 0.1) is 6.92 Å². The van der Waals surface area contributed by atoms with E-state index in [1.165, 1.54) is 82.9 Å². The lowest BCUT2D eigenvalue weighted by atomic mass is 9.64. The van der Waals surface area contributed by atoms with Gasteiger partial charge in [-0.3, -0.25) is 0 Å². The van der Waals surface area contributed by atoms with Gasteiger partial charge in [0.05, 0.1) is 28.2 Å². The van der Waals surface area contributed by atoms with Gasteiger partial charge in [-0.05, 0) is 89.3 Å². The van der Waals surface area contributed by atoms with Crippen LogP contribution in [0.1, 0.15) is 27.8 Å². The van der Waals surface area contributed by atoms with Gasteiger partial charge in [0.2, 0.25) is 0 Å². The van der Waals surface area contributed by atoms with Crippen molar-refractivity contribution in [3.05, 3.63) is 192 Å². The molecule has 3 heteroatoms. The smallest absolute Gasteiger partial charge is 0.0754 e. The minimum absolute atomic E-state index is 0.467. The highest BCUT2D eigenvalue weighted by molar-refractivity contribution is 8.00. The summed E-state index contributed by atoms with van der Waals surface area (Å²) >= 11 is 1.91. The Labute approximate surface area is 279 Å². The van der Waals surface area contributed by atoms with Crippen molar-refractivity contribution >= 4 is 45.9 Å². The standard InChI is InChI=1S/C44H30N2S/c1-29-23-25-31(26-24-29)46-39-21-11-12-22-41(39)47-43-40(46)28-27-36-42(43)32-15-5-6-16-33(32)44(36)34-17-7-9-19-37(34)45(30-13-3-2-4-14-30)38-20-10-8-18-35(38)44/h2-28H,1H3. The Bertz CT molecular complexity index is 2310. The Morgan fingerprint density at radius 2 is 0.979 bits per heavy atom. The van der Waals surface area contributed by atoms with Gasteiger partial charge < -0.3 is 9.80 Å². The maximum Gasteiger partial charge on any atom is 0.0754 e. The Morgan fingerprint density at radius 1 is 0.426 bits per heavy atom. The molecule has 47 heavy (non-hydrogen) atoms. The zero-order valence-electron chi connectivity index (χ0n) is 25.9. The predicted molar refractivity (Wildman–Crippen MR) is 196 cm³/mol. The van der Waals surface area contributed by atoms with E-state index in [4.69, 9.17) is 0 Å². The van der Waals surface area contributed by atoms with Crippen molar-refractivity contribution in [2.45, 2.75) is 22.1 Å². The summed E-state index contributed by atoms with van der Waals surface area (Å²) in [6.45, 7) is 2.15. The fraction of sp³-hybridized carbons (Fsp3) is 0.0455. The second-order valence-electron chi connectivity index (χ2n) is 12.6. The van der Waals surface area contributed by atoms with E-state index in [0.29, 0.717) is 0 Å². The normalized spacial score (nSPS) is 14.5. The topological polar surface area (TPSA) is 6.48 Å². The van der Waals surface area contributed by atoms with Crippen molar-refractivity contribution in [3.8, 4) is 11.1 Å². The first-order valence-corrected chi connectivity index (χ1v) is 17.0. The van der Waals surface area contributed by atoms with Crippen LogP contribution in [0.5, 0.6) is 0 Å². The van der Waals surface area contributed by atoms with Gasteiger partial charge in [-0.2, -0.15) is 0 Å². The third-order valence-corrected chi connectivity index (χ3v) is 11.3. The molecule has 222 valence electrons. The Hall–Kier alpha value is -5.51. The fourth-order valence-corrected chi connectivity index (χ4v) is 9.44. The number of aryl methyl sites for hydroxylation is 1. The summed E-state index contributed by atoms with van der Waals surface area (Å²) in [5.74, 6) is 0. The summed E-state index contributed by atoms with van der Waals surface area (Å²) in [7, 11) is 0. The molecule has 2 heterocycles. The van der Waals surface area contributed by atoms with Crippen molar-refractivity contribution in [1.29, 1.82) is 0 Å². The van der Waals surface area contributed by atoms with Gasteiger partial charge in [-0.1, -0.05) is 127 Å². The first-order valence-electron chi connectivity index (χ1n) is 16.2. The van der Waals surface area contributed by atoms with E-state index >= 15 is 0 Å². The first-order chi connectivity index (χ1) is 23.2. The maximum atomic E-state index is 2.45. The van der Waals surface area contributed by atoms with Crippen LogP contribution in [0.4, 0.5) is 34.1 Å². The lowest BCUT2D eigenvalue weighted by molar-refractivity contribution is 0.751. The summed E-state index contributed by atoms with van der Waals surface area (Å²) in [5.41, 5.74) is 16.0. The highest BCUT2D eigenvalue weighted by atomic mass is 32.2. The number of benzene rings is 7. The molecule has 2 nitrogen and oxygen atoms in total. The van der Waals surface area contributed by atoms with Crippen LogP contribution in [-0.4, -0.2) is 0 Å². The van der Waals surface area contributed by atoms with Crippen molar-refractivity contribution in [2.75, 3.05) is 9.80 Å². The summed E-state index contributed by atoms with van der Waals surface area (Å²) in [6.07, 6.45) is 0. The van der Waals surface area contributed by atoms with Crippen molar-refractivity contribution in [2.24, 2.45) is 0 Å². The summed E-state index contributed by atoms with van der Waals surface area (Å²) in [6, 6.07) is 60.5. The SMILES string of the molecule is Cc1ccc(N2c3ccccc3Sc3c2ccc2c3-c3ccccc3C23c2ccccc2N(c2ccccc2)c2ccccc23)cc1. The molecule has 0 unspecified atom stereocenters. The van der Waals surface area contributed by atoms with Gasteiger partial charge in [-0.15, -0.1) is 0 Å². The highest BCUT2D eigenvalue weighted by Crippen LogP contribution is 2.66. The van der Waals surface area contributed by atoms with Gasteiger partial charge >= 0.3 is 0 Å². The second-order valence-corrected chi connectivity index (χ2v) is 13.6. The van der Waals surface area contributed by atoms with Crippen LogP contribution >= 0.6 is 11.8 Å². The lowest BCUT2D eigenvalue weighted by Gasteiger charge is -2.45. The molecular formula is C44H30N2S. The minimum atomic E-state index is -0.467. The fourth-order valence-electron chi connectivity index (χ4n) is 8.23. The Balaban J connectivity index is 1.30. The molecule has 7 aromatic carbocycles.